The number of ether oxygens (including phenoxy) is 3. The SMILES string of the molecule is CC#CC[C@H]1O[C@]2(CC[C@H](C)[C@H](COC(C)=O)O2)CC[C@@H]1C. The highest BCUT2D eigenvalue weighted by Gasteiger charge is 2.46. The Hall–Kier alpha value is -1.05. The van der Waals surface area contributed by atoms with Crippen LogP contribution in [0.3, 0.4) is 0 Å². The summed E-state index contributed by atoms with van der Waals surface area (Å²) in [4.78, 5) is 11.0. The van der Waals surface area contributed by atoms with Crippen LogP contribution >= 0.6 is 0 Å². The zero-order valence-corrected chi connectivity index (χ0v) is 14.2. The summed E-state index contributed by atoms with van der Waals surface area (Å²) in [7, 11) is 0. The first kappa shape index (κ1) is 17.3. The van der Waals surface area contributed by atoms with Gasteiger partial charge in [0.2, 0.25) is 0 Å². The highest BCUT2D eigenvalue weighted by atomic mass is 16.7. The lowest BCUT2D eigenvalue weighted by Crippen LogP contribution is -2.53. The molecule has 0 aromatic heterocycles. The van der Waals surface area contributed by atoms with Crippen molar-refractivity contribution in [3.63, 3.8) is 0 Å². The van der Waals surface area contributed by atoms with Crippen LogP contribution in [-0.4, -0.2) is 30.6 Å². The fourth-order valence-corrected chi connectivity index (χ4v) is 3.28. The Morgan fingerprint density at radius 1 is 1.18 bits per heavy atom. The Morgan fingerprint density at radius 3 is 2.36 bits per heavy atom. The molecule has 4 heteroatoms. The van der Waals surface area contributed by atoms with Gasteiger partial charge < -0.3 is 14.2 Å². The maximum absolute atomic E-state index is 11.0. The molecule has 5 atom stereocenters. The molecule has 2 saturated heterocycles. The van der Waals surface area contributed by atoms with Gasteiger partial charge in [-0.2, -0.15) is 0 Å². The van der Waals surface area contributed by atoms with Gasteiger partial charge >= 0.3 is 5.97 Å². The molecule has 2 heterocycles. The lowest BCUT2D eigenvalue weighted by Gasteiger charge is -2.49. The maximum Gasteiger partial charge on any atom is 0.302 e. The molecule has 0 radical (unpaired) electrons. The number of hydrogen-bond donors (Lipinski definition) is 0. The van der Waals surface area contributed by atoms with E-state index in [1.54, 1.807) is 0 Å². The van der Waals surface area contributed by atoms with Gasteiger partial charge in [-0.1, -0.05) is 13.8 Å². The highest BCUT2D eigenvalue weighted by molar-refractivity contribution is 5.65. The fraction of sp³-hybridized carbons (Fsp3) is 0.833. The predicted molar refractivity (Wildman–Crippen MR) is 84.0 cm³/mol. The standard InChI is InChI=1S/C18H28O4/c1-5-6-7-16-13(2)8-10-18(21-16)11-9-14(3)17(22-18)12-20-15(4)19/h13-14,16-17H,7-12H2,1-4H3/t13-,14-,16+,17-,18+/m0/s1. The van der Waals surface area contributed by atoms with E-state index < -0.39 is 5.79 Å². The zero-order chi connectivity index (χ0) is 16.2. The van der Waals surface area contributed by atoms with E-state index >= 15 is 0 Å². The second-order valence-electron chi connectivity index (χ2n) is 6.69. The topological polar surface area (TPSA) is 44.8 Å². The van der Waals surface area contributed by atoms with Gasteiger partial charge in [0.25, 0.3) is 0 Å². The molecule has 22 heavy (non-hydrogen) atoms. The Labute approximate surface area is 133 Å². The summed E-state index contributed by atoms with van der Waals surface area (Å²) in [6.07, 6.45) is 4.75. The van der Waals surface area contributed by atoms with E-state index in [2.05, 4.69) is 25.7 Å². The van der Waals surface area contributed by atoms with E-state index in [1.807, 2.05) is 6.92 Å². The zero-order valence-electron chi connectivity index (χ0n) is 14.2. The van der Waals surface area contributed by atoms with Gasteiger partial charge in [-0.05, 0) is 31.6 Å². The van der Waals surface area contributed by atoms with Crippen LogP contribution in [0.4, 0.5) is 0 Å². The van der Waals surface area contributed by atoms with Crippen LogP contribution in [0.2, 0.25) is 0 Å². The summed E-state index contributed by atoms with van der Waals surface area (Å²) >= 11 is 0. The van der Waals surface area contributed by atoms with Crippen molar-refractivity contribution in [1.29, 1.82) is 0 Å². The van der Waals surface area contributed by atoms with Gasteiger partial charge in [0, 0.05) is 26.2 Å². The van der Waals surface area contributed by atoms with Crippen LogP contribution in [0.25, 0.3) is 0 Å². The van der Waals surface area contributed by atoms with Gasteiger partial charge in [0.15, 0.2) is 5.79 Å². The third-order valence-electron chi connectivity index (χ3n) is 4.89. The second-order valence-corrected chi connectivity index (χ2v) is 6.69. The van der Waals surface area contributed by atoms with E-state index in [-0.39, 0.29) is 18.2 Å². The van der Waals surface area contributed by atoms with Crippen molar-refractivity contribution >= 4 is 5.97 Å². The molecule has 0 unspecified atom stereocenters. The quantitative estimate of drug-likeness (QED) is 0.593. The molecule has 0 bridgehead atoms. The summed E-state index contributed by atoms with van der Waals surface area (Å²) < 4.78 is 17.8. The van der Waals surface area contributed by atoms with Gasteiger partial charge in [-0.25, -0.2) is 0 Å². The van der Waals surface area contributed by atoms with Gasteiger partial charge in [-0.15, -0.1) is 11.8 Å². The molecule has 2 aliphatic heterocycles. The van der Waals surface area contributed by atoms with E-state index in [1.165, 1.54) is 6.92 Å². The number of rotatable bonds is 3. The van der Waals surface area contributed by atoms with Crippen LogP contribution in [0.15, 0.2) is 0 Å². The van der Waals surface area contributed by atoms with Crippen LogP contribution in [-0.2, 0) is 19.0 Å². The van der Waals surface area contributed by atoms with Crippen molar-refractivity contribution < 1.29 is 19.0 Å². The van der Waals surface area contributed by atoms with Crippen LogP contribution in [0.1, 0.15) is 59.8 Å². The largest absolute Gasteiger partial charge is 0.463 e. The number of carbonyl (C=O) groups is 1. The monoisotopic (exact) mass is 308 g/mol. The Morgan fingerprint density at radius 2 is 1.77 bits per heavy atom. The molecule has 0 amide bonds. The van der Waals surface area contributed by atoms with E-state index in [9.17, 15) is 4.79 Å². The predicted octanol–water partition coefficient (Wildman–Crippen LogP) is 3.29. The third kappa shape index (κ3) is 4.24. The fourth-order valence-electron chi connectivity index (χ4n) is 3.28. The molecular weight excluding hydrogens is 280 g/mol. The molecule has 0 aromatic carbocycles. The van der Waals surface area contributed by atoms with E-state index in [0.717, 1.165) is 32.1 Å². The van der Waals surface area contributed by atoms with Crippen molar-refractivity contribution in [2.45, 2.75) is 77.8 Å². The maximum atomic E-state index is 11.0. The molecule has 2 aliphatic rings. The summed E-state index contributed by atoms with van der Waals surface area (Å²) in [5.41, 5.74) is 0. The molecular formula is C18H28O4. The van der Waals surface area contributed by atoms with Crippen molar-refractivity contribution in [3.8, 4) is 11.8 Å². The molecule has 0 aliphatic carbocycles. The Balaban J connectivity index is 2.01. The number of esters is 1. The van der Waals surface area contributed by atoms with Crippen molar-refractivity contribution in [2.24, 2.45) is 11.8 Å². The molecule has 1 spiro atoms. The summed E-state index contributed by atoms with van der Waals surface area (Å²) in [5, 5.41) is 0. The van der Waals surface area contributed by atoms with Gasteiger partial charge in [-0.3, -0.25) is 4.79 Å². The van der Waals surface area contributed by atoms with Gasteiger partial charge in [0.1, 0.15) is 6.61 Å². The van der Waals surface area contributed by atoms with Crippen molar-refractivity contribution in [1.82, 2.24) is 0 Å². The lowest BCUT2D eigenvalue weighted by molar-refractivity contribution is -0.333. The van der Waals surface area contributed by atoms with Crippen molar-refractivity contribution in [3.05, 3.63) is 0 Å². The smallest absolute Gasteiger partial charge is 0.302 e. The molecule has 2 fully saturated rings. The molecule has 0 N–H and O–H groups in total. The minimum Gasteiger partial charge on any atom is -0.463 e. The van der Waals surface area contributed by atoms with Crippen LogP contribution in [0, 0.1) is 23.7 Å². The number of carbonyl (C=O) groups excluding carboxylic acids is 1. The molecule has 124 valence electrons. The van der Waals surface area contributed by atoms with E-state index in [4.69, 9.17) is 14.2 Å². The van der Waals surface area contributed by atoms with Crippen molar-refractivity contribution in [2.75, 3.05) is 6.61 Å². The average Bonchev–Trinajstić information content (AvgIpc) is 2.49. The Bertz CT molecular complexity index is 446. The van der Waals surface area contributed by atoms with Crippen LogP contribution in [0.5, 0.6) is 0 Å². The summed E-state index contributed by atoms with van der Waals surface area (Å²) in [6.45, 7) is 7.97. The summed E-state index contributed by atoms with van der Waals surface area (Å²) in [5.74, 6) is 6.19. The Kier molecular flexibility index (Phi) is 5.88. The second kappa shape index (κ2) is 7.48. The number of hydrogen-bond acceptors (Lipinski definition) is 4. The first-order chi connectivity index (χ1) is 10.5. The summed E-state index contributed by atoms with van der Waals surface area (Å²) in [6, 6.07) is 0. The van der Waals surface area contributed by atoms with Crippen LogP contribution < -0.4 is 0 Å². The minimum absolute atomic E-state index is 0.0797. The molecule has 0 saturated carbocycles. The third-order valence-corrected chi connectivity index (χ3v) is 4.89. The first-order valence-corrected chi connectivity index (χ1v) is 8.34. The highest BCUT2D eigenvalue weighted by Crippen LogP contribution is 2.43. The lowest BCUT2D eigenvalue weighted by atomic mass is 9.84. The molecule has 0 aromatic rings. The average molecular weight is 308 g/mol. The molecule has 4 nitrogen and oxygen atoms in total. The van der Waals surface area contributed by atoms with Gasteiger partial charge in [0.05, 0.1) is 12.2 Å². The first-order valence-electron chi connectivity index (χ1n) is 8.34. The minimum atomic E-state index is -0.510. The molecule has 2 rings (SSSR count). The van der Waals surface area contributed by atoms with E-state index in [0.29, 0.717) is 18.4 Å². The normalized spacial score (nSPS) is 38.2.